The fraction of sp³-hybridized carbons (Fsp3) is 0.231. The molecular weight excluding hydrogens is 273 g/mol. The van der Waals surface area contributed by atoms with Gasteiger partial charge in [0.2, 0.25) is 6.54 Å². The summed E-state index contributed by atoms with van der Waals surface area (Å²) >= 11 is 0. The summed E-state index contributed by atoms with van der Waals surface area (Å²) < 4.78 is 37.5. The van der Waals surface area contributed by atoms with Gasteiger partial charge in [-0.2, -0.15) is 13.2 Å². The molecule has 0 unspecified atom stereocenters. The summed E-state index contributed by atoms with van der Waals surface area (Å²) in [5.74, 6) is -0.595. The van der Waals surface area contributed by atoms with Crippen LogP contribution < -0.4 is 0 Å². The van der Waals surface area contributed by atoms with E-state index < -0.39 is 22.6 Å². The predicted molar refractivity (Wildman–Crippen MR) is 65.9 cm³/mol. The lowest BCUT2D eigenvalue weighted by Gasteiger charge is -2.13. The summed E-state index contributed by atoms with van der Waals surface area (Å²) in [6, 6.07) is 7.78. The zero-order chi connectivity index (χ0) is 14.8. The Bertz CT molecular complexity index is 577. The number of benzene rings is 1. The summed E-state index contributed by atoms with van der Waals surface area (Å²) in [6.45, 7) is -0.383. The van der Waals surface area contributed by atoms with Gasteiger partial charge < -0.3 is 4.98 Å². The average molecular weight is 284 g/mol. The fourth-order valence-corrected chi connectivity index (χ4v) is 2.00. The Hall–Kier alpha value is -2.31. The quantitative estimate of drug-likeness (QED) is 0.690. The summed E-state index contributed by atoms with van der Waals surface area (Å²) in [4.78, 5) is 13.1. The molecule has 0 aliphatic rings. The second-order valence-electron chi connectivity index (χ2n) is 4.31. The van der Waals surface area contributed by atoms with Crippen molar-refractivity contribution in [1.29, 1.82) is 0 Å². The van der Waals surface area contributed by atoms with Crippen molar-refractivity contribution < 1.29 is 18.1 Å². The van der Waals surface area contributed by atoms with Gasteiger partial charge in [0, 0.05) is 16.8 Å². The van der Waals surface area contributed by atoms with Gasteiger partial charge in [-0.3, -0.25) is 10.1 Å². The Morgan fingerprint density at radius 2 is 1.85 bits per heavy atom. The van der Waals surface area contributed by atoms with Crippen LogP contribution in [-0.4, -0.2) is 16.5 Å². The van der Waals surface area contributed by atoms with Crippen molar-refractivity contribution in [2.45, 2.75) is 12.1 Å². The van der Waals surface area contributed by atoms with E-state index in [9.17, 15) is 23.3 Å². The van der Waals surface area contributed by atoms with Crippen molar-refractivity contribution in [3.05, 3.63) is 69.5 Å². The first kappa shape index (κ1) is 14.1. The van der Waals surface area contributed by atoms with Gasteiger partial charge in [0.05, 0.1) is 11.5 Å². The summed E-state index contributed by atoms with van der Waals surface area (Å²) in [5.41, 5.74) is 0.297. The van der Waals surface area contributed by atoms with Gasteiger partial charge in [0.25, 0.3) is 0 Å². The minimum absolute atomic E-state index is 0.383. The molecule has 0 spiro atoms. The first-order valence-corrected chi connectivity index (χ1v) is 5.80. The number of hydrogen-bond donors (Lipinski definition) is 1. The van der Waals surface area contributed by atoms with Gasteiger partial charge in [-0.1, -0.05) is 12.1 Å². The van der Waals surface area contributed by atoms with Crippen LogP contribution in [0.5, 0.6) is 0 Å². The number of nitro groups is 1. The molecule has 20 heavy (non-hydrogen) atoms. The maximum absolute atomic E-state index is 12.5. The summed E-state index contributed by atoms with van der Waals surface area (Å²) in [7, 11) is 0. The normalized spacial score (nSPS) is 13.2. The van der Waals surface area contributed by atoms with Crippen LogP contribution in [0, 0.1) is 10.1 Å². The van der Waals surface area contributed by atoms with Crippen LogP contribution in [0.15, 0.2) is 42.6 Å². The first-order chi connectivity index (χ1) is 9.38. The minimum Gasteiger partial charge on any atom is -0.364 e. The number of nitrogens with one attached hydrogen (secondary N) is 1. The van der Waals surface area contributed by atoms with Crippen LogP contribution in [0.4, 0.5) is 13.2 Å². The number of alkyl halides is 3. The molecule has 1 heterocycles. The maximum Gasteiger partial charge on any atom is 0.416 e. The number of aromatic nitrogens is 1. The summed E-state index contributed by atoms with van der Waals surface area (Å²) in [6.07, 6.45) is -2.80. The number of nitrogens with zero attached hydrogens (tertiary/aromatic N) is 1. The third kappa shape index (κ3) is 3.17. The van der Waals surface area contributed by atoms with Crippen LogP contribution >= 0.6 is 0 Å². The van der Waals surface area contributed by atoms with E-state index in [4.69, 9.17) is 0 Å². The minimum atomic E-state index is -4.41. The highest BCUT2D eigenvalue weighted by Gasteiger charge is 2.30. The lowest BCUT2D eigenvalue weighted by Crippen LogP contribution is -2.14. The zero-order valence-corrected chi connectivity index (χ0v) is 10.2. The lowest BCUT2D eigenvalue weighted by molar-refractivity contribution is -0.481. The lowest BCUT2D eigenvalue weighted by atomic mass is 9.95. The van der Waals surface area contributed by atoms with Crippen molar-refractivity contribution in [1.82, 2.24) is 4.98 Å². The highest BCUT2D eigenvalue weighted by Crippen LogP contribution is 2.31. The van der Waals surface area contributed by atoms with E-state index in [1.54, 1.807) is 18.3 Å². The van der Waals surface area contributed by atoms with Crippen molar-refractivity contribution in [3.8, 4) is 0 Å². The van der Waals surface area contributed by atoms with Crippen molar-refractivity contribution in [2.24, 2.45) is 0 Å². The second-order valence-corrected chi connectivity index (χ2v) is 4.31. The molecule has 0 aliphatic heterocycles. The molecule has 1 aromatic carbocycles. The molecule has 0 aliphatic carbocycles. The molecule has 2 aromatic rings. The van der Waals surface area contributed by atoms with E-state index in [1.807, 2.05) is 0 Å². The Labute approximate surface area is 112 Å². The Morgan fingerprint density at radius 1 is 1.20 bits per heavy atom. The molecular formula is C13H11F3N2O2. The van der Waals surface area contributed by atoms with Crippen molar-refractivity contribution in [2.75, 3.05) is 6.54 Å². The van der Waals surface area contributed by atoms with Gasteiger partial charge in [0.15, 0.2) is 0 Å². The van der Waals surface area contributed by atoms with E-state index >= 15 is 0 Å². The van der Waals surface area contributed by atoms with Crippen LogP contribution in [0.1, 0.15) is 22.7 Å². The standard InChI is InChI=1S/C13H11F3N2O2/c14-13(15,16)10-5-3-9(4-6-10)11(8-18(19)20)12-2-1-7-17-12/h1-7,11,17H,8H2/t11-/m0/s1. The van der Waals surface area contributed by atoms with Gasteiger partial charge in [-0.05, 0) is 29.8 Å². The molecule has 0 saturated carbocycles. The Morgan fingerprint density at radius 3 is 2.30 bits per heavy atom. The third-order valence-corrected chi connectivity index (χ3v) is 2.97. The molecule has 0 bridgehead atoms. The predicted octanol–water partition coefficient (Wildman–Crippen LogP) is 3.44. The van der Waals surface area contributed by atoms with E-state index in [-0.39, 0.29) is 6.54 Å². The summed E-state index contributed by atoms with van der Waals surface area (Å²) in [5, 5.41) is 10.7. The second kappa shape index (κ2) is 5.36. The smallest absolute Gasteiger partial charge is 0.364 e. The third-order valence-electron chi connectivity index (χ3n) is 2.97. The monoisotopic (exact) mass is 284 g/mol. The van der Waals surface area contributed by atoms with Crippen molar-refractivity contribution >= 4 is 0 Å². The van der Waals surface area contributed by atoms with E-state index in [2.05, 4.69) is 4.98 Å². The highest BCUT2D eigenvalue weighted by molar-refractivity contribution is 5.32. The molecule has 0 fully saturated rings. The molecule has 2 rings (SSSR count). The van der Waals surface area contributed by atoms with Gasteiger partial charge in [0.1, 0.15) is 0 Å². The fourth-order valence-electron chi connectivity index (χ4n) is 2.00. The topological polar surface area (TPSA) is 58.9 Å². The van der Waals surface area contributed by atoms with Gasteiger partial charge in [-0.15, -0.1) is 0 Å². The molecule has 4 nitrogen and oxygen atoms in total. The molecule has 1 atom stereocenters. The number of rotatable bonds is 4. The Balaban J connectivity index is 2.32. The number of halogens is 3. The van der Waals surface area contributed by atoms with Gasteiger partial charge >= 0.3 is 6.18 Å². The van der Waals surface area contributed by atoms with E-state index in [1.165, 1.54) is 12.1 Å². The molecule has 0 amide bonds. The molecule has 0 saturated heterocycles. The SMILES string of the molecule is O=[N+]([O-])C[C@@H](c1ccc(C(F)(F)F)cc1)c1ccc[nH]1. The zero-order valence-electron chi connectivity index (χ0n) is 10.2. The number of hydrogen-bond acceptors (Lipinski definition) is 2. The van der Waals surface area contributed by atoms with E-state index in [0.29, 0.717) is 11.3 Å². The Kier molecular flexibility index (Phi) is 3.78. The van der Waals surface area contributed by atoms with Crippen LogP contribution in [0.3, 0.4) is 0 Å². The van der Waals surface area contributed by atoms with Crippen LogP contribution in [0.25, 0.3) is 0 Å². The number of aromatic amines is 1. The molecule has 1 N–H and O–H groups in total. The van der Waals surface area contributed by atoms with Gasteiger partial charge in [-0.25, -0.2) is 0 Å². The van der Waals surface area contributed by atoms with E-state index in [0.717, 1.165) is 12.1 Å². The molecule has 106 valence electrons. The molecule has 7 heteroatoms. The van der Waals surface area contributed by atoms with Crippen LogP contribution in [-0.2, 0) is 6.18 Å². The molecule has 1 aromatic heterocycles. The largest absolute Gasteiger partial charge is 0.416 e. The average Bonchev–Trinajstić information content (AvgIpc) is 2.88. The highest BCUT2D eigenvalue weighted by atomic mass is 19.4. The maximum atomic E-state index is 12.5. The first-order valence-electron chi connectivity index (χ1n) is 5.80. The van der Waals surface area contributed by atoms with Crippen LogP contribution in [0.2, 0.25) is 0 Å². The number of H-pyrrole nitrogens is 1. The van der Waals surface area contributed by atoms with Crippen molar-refractivity contribution in [3.63, 3.8) is 0 Å². The molecule has 0 radical (unpaired) electrons.